The van der Waals surface area contributed by atoms with Crippen LogP contribution in [-0.2, 0) is 20.0 Å². The van der Waals surface area contributed by atoms with Crippen LogP contribution < -0.4 is 15.2 Å². The molecule has 8 nitrogen and oxygen atoms in total. The first-order valence-electron chi connectivity index (χ1n) is 8.92. The van der Waals surface area contributed by atoms with Gasteiger partial charge in [0, 0.05) is 5.69 Å². The minimum Gasteiger partial charge on any atom is -0.307 e. The lowest BCUT2D eigenvalue weighted by atomic mass is 9.93. The van der Waals surface area contributed by atoms with Crippen LogP contribution in [-0.4, -0.2) is 22.9 Å². The summed E-state index contributed by atoms with van der Waals surface area (Å²) in [5.41, 5.74) is 2.31. The van der Waals surface area contributed by atoms with Gasteiger partial charge in [-0.2, -0.15) is 0 Å². The van der Waals surface area contributed by atoms with Gasteiger partial charge >= 0.3 is 6.03 Å². The minimum absolute atomic E-state index is 0.104. The highest BCUT2D eigenvalue weighted by molar-refractivity contribution is 7.90. The van der Waals surface area contributed by atoms with Crippen molar-refractivity contribution in [1.82, 2.24) is 4.72 Å². The SMILES string of the molecule is CC(C)c1cccc(C(C)C)c1NC(=O)NS(=O)(=O)c1cccc(S(N)(=O)=O)c1. The average molecular weight is 440 g/mol. The molecule has 10 heteroatoms. The molecule has 0 aromatic heterocycles. The number of carbonyl (C=O) groups excluding carboxylic acids is 1. The van der Waals surface area contributed by atoms with Crippen LogP contribution in [0.5, 0.6) is 0 Å². The van der Waals surface area contributed by atoms with E-state index in [1.807, 2.05) is 50.6 Å². The number of rotatable bonds is 6. The molecule has 0 atom stereocenters. The average Bonchev–Trinajstić information content (AvgIpc) is 2.60. The molecule has 0 saturated heterocycles. The van der Waals surface area contributed by atoms with E-state index in [2.05, 4.69) is 5.32 Å². The van der Waals surface area contributed by atoms with Crippen molar-refractivity contribution in [2.24, 2.45) is 5.14 Å². The molecule has 0 spiro atoms. The second-order valence-electron chi connectivity index (χ2n) is 7.20. The predicted octanol–water partition coefficient (Wildman–Crippen LogP) is 3.09. The number of hydrogen-bond donors (Lipinski definition) is 3. The van der Waals surface area contributed by atoms with Crippen molar-refractivity contribution in [3.05, 3.63) is 53.6 Å². The first-order chi connectivity index (χ1) is 13.3. The van der Waals surface area contributed by atoms with Crippen molar-refractivity contribution in [2.75, 3.05) is 5.32 Å². The summed E-state index contributed by atoms with van der Waals surface area (Å²) in [5.74, 6) is 0.207. The molecule has 2 rings (SSSR count). The Hall–Kier alpha value is -2.43. The van der Waals surface area contributed by atoms with Crippen LogP contribution in [0.15, 0.2) is 52.3 Å². The number of nitrogens with one attached hydrogen (secondary N) is 2. The molecule has 29 heavy (non-hydrogen) atoms. The number of benzene rings is 2. The molecular weight excluding hydrogens is 414 g/mol. The maximum Gasteiger partial charge on any atom is 0.333 e. The molecule has 2 amide bonds. The third-order valence-electron chi connectivity index (χ3n) is 4.28. The van der Waals surface area contributed by atoms with E-state index >= 15 is 0 Å². The molecule has 0 aliphatic carbocycles. The van der Waals surface area contributed by atoms with Gasteiger partial charge in [0.2, 0.25) is 10.0 Å². The van der Waals surface area contributed by atoms with Gasteiger partial charge in [-0.3, -0.25) is 0 Å². The summed E-state index contributed by atoms with van der Waals surface area (Å²) < 4.78 is 49.9. The highest BCUT2D eigenvalue weighted by Crippen LogP contribution is 2.32. The zero-order valence-corrected chi connectivity index (χ0v) is 18.3. The molecule has 0 fully saturated rings. The van der Waals surface area contributed by atoms with Crippen LogP contribution in [0.3, 0.4) is 0 Å². The molecule has 158 valence electrons. The summed E-state index contributed by atoms with van der Waals surface area (Å²) in [6, 6.07) is 9.16. The zero-order chi connectivity index (χ0) is 22.0. The Morgan fingerprint density at radius 3 is 1.83 bits per heavy atom. The smallest absolute Gasteiger partial charge is 0.307 e. The van der Waals surface area contributed by atoms with E-state index in [1.165, 1.54) is 18.2 Å². The van der Waals surface area contributed by atoms with E-state index in [9.17, 15) is 21.6 Å². The Morgan fingerprint density at radius 1 is 0.862 bits per heavy atom. The second kappa shape index (κ2) is 8.52. The van der Waals surface area contributed by atoms with Crippen LogP contribution in [0.4, 0.5) is 10.5 Å². The highest BCUT2D eigenvalue weighted by atomic mass is 32.2. The first-order valence-corrected chi connectivity index (χ1v) is 12.0. The van der Waals surface area contributed by atoms with Gasteiger partial charge in [-0.15, -0.1) is 0 Å². The number of hydrogen-bond acceptors (Lipinski definition) is 5. The number of nitrogens with two attached hydrogens (primary N) is 1. The maximum absolute atomic E-state index is 12.5. The third kappa shape index (κ3) is 5.55. The highest BCUT2D eigenvalue weighted by Gasteiger charge is 2.22. The predicted molar refractivity (Wildman–Crippen MR) is 112 cm³/mol. The lowest BCUT2D eigenvalue weighted by molar-refractivity contribution is 0.256. The number of urea groups is 1. The van der Waals surface area contributed by atoms with Gasteiger partial charge in [0.25, 0.3) is 10.0 Å². The second-order valence-corrected chi connectivity index (χ2v) is 10.4. The summed E-state index contributed by atoms with van der Waals surface area (Å²) in [4.78, 5) is 11.7. The Balaban J connectivity index is 2.35. The van der Waals surface area contributed by atoms with E-state index < -0.39 is 26.1 Å². The first kappa shape index (κ1) is 22.9. The number of anilines is 1. The van der Waals surface area contributed by atoms with Crippen molar-refractivity contribution >= 4 is 31.8 Å². The van der Waals surface area contributed by atoms with Crippen LogP contribution in [0, 0.1) is 0 Å². The third-order valence-corrected chi connectivity index (χ3v) is 6.52. The molecule has 0 radical (unpaired) electrons. The fraction of sp³-hybridized carbons (Fsp3) is 0.316. The van der Waals surface area contributed by atoms with Gasteiger partial charge in [0.05, 0.1) is 9.79 Å². The van der Waals surface area contributed by atoms with Gasteiger partial charge in [0.15, 0.2) is 0 Å². The van der Waals surface area contributed by atoms with E-state index in [0.717, 1.165) is 17.2 Å². The van der Waals surface area contributed by atoms with Gasteiger partial charge in [0.1, 0.15) is 0 Å². The lowest BCUT2D eigenvalue weighted by Crippen LogP contribution is -2.35. The van der Waals surface area contributed by atoms with E-state index in [4.69, 9.17) is 5.14 Å². The zero-order valence-electron chi connectivity index (χ0n) is 16.6. The summed E-state index contributed by atoms with van der Waals surface area (Å²) >= 11 is 0. The number of carbonyl (C=O) groups is 1. The van der Waals surface area contributed by atoms with Crippen molar-refractivity contribution in [1.29, 1.82) is 0 Å². The van der Waals surface area contributed by atoms with Gasteiger partial charge in [-0.1, -0.05) is 52.0 Å². The fourth-order valence-corrected chi connectivity index (χ4v) is 4.42. The topological polar surface area (TPSA) is 135 Å². The maximum atomic E-state index is 12.5. The molecule has 4 N–H and O–H groups in total. The molecule has 0 heterocycles. The van der Waals surface area contributed by atoms with Crippen LogP contribution in [0.1, 0.15) is 50.7 Å². The molecule has 0 aliphatic heterocycles. The molecule has 0 aliphatic rings. The molecule has 0 unspecified atom stereocenters. The molecule has 2 aromatic carbocycles. The summed E-state index contributed by atoms with van der Waals surface area (Å²) in [6.45, 7) is 7.88. The van der Waals surface area contributed by atoms with E-state index in [-0.39, 0.29) is 21.6 Å². The Kier molecular flexibility index (Phi) is 6.71. The molecule has 2 aromatic rings. The van der Waals surface area contributed by atoms with E-state index in [0.29, 0.717) is 5.69 Å². The standard InChI is InChI=1S/C19H25N3O5S2/c1-12(2)16-9-6-10-17(13(3)4)18(16)21-19(23)22-29(26,27)15-8-5-7-14(11-15)28(20,24)25/h5-13H,1-4H3,(H2,20,24,25)(H2,21,22,23). The van der Waals surface area contributed by atoms with E-state index in [1.54, 1.807) is 0 Å². The van der Waals surface area contributed by atoms with Crippen molar-refractivity contribution in [3.63, 3.8) is 0 Å². The van der Waals surface area contributed by atoms with Gasteiger partial charge < -0.3 is 5.32 Å². The van der Waals surface area contributed by atoms with Crippen LogP contribution >= 0.6 is 0 Å². The number of primary sulfonamides is 1. The van der Waals surface area contributed by atoms with Crippen molar-refractivity contribution in [3.8, 4) is 0 Å². The number of amides is 2. The fourth-order valence-electron chi connectivity index (χ4n) is 2.83. The van der Waals surface area contributed by atoms with Crippen molar-refractivity contribution < 1.29 is 21.6 Å². The van der Waals surface area contributed by atoms with Crippen LogP contribution in [0.2, 0.25) is 0 Å². The minimum atomic E-state index is -4.31. The Labute approximate surface area is 171 Å². The number of para-hydroxylation sites is 1. The largest absolute Gasteiger partial charge is 0.333 e. The molecular formula is C19H25N3O5S2. The Morgan fingerprint density at radius 2 is 1.34 bits per heavy atom. The quantitative estimate of drug-likeness (QED) is 0.635. The summed E-state index contributed by atoms with van der Waals surface area (Å²) in [7, 11) is -8.40. The molecule has 0 saturated carbocycles. The lowest BCUT2D eigenvalue weighted by Gasteiger charge is -2.20. The van der Waals surface area contributed by atoms with Crippen LogP contribution in [0.25, 0.3) is 0 Å². The summed E-state index contributed by atoms with van der Waals surface area (Å²) in [6.07, 6.45) is 0. The monoisotopic (exact) mass is 439 g/mol. The summed E-state index contributed by atoms with van der Waals surface area (Å²) in [5, 5.41) is 7.68. The normalized spacial score (nSPS) is 12.2. The van der Waals surface area contributed by atoms with Gasteiger partial charge in [-0.25, -0.2) is 31.5 Å². The number of sulfonamides is 2. The Bertz CT molecular complexity index is 1100. The molecule has 0 bridgehead atoms. The van der Waals surface area contributed by atoms with Gasteiger partial charge in [-0.05, 0) is 41.2 Å². The van der Waals surface area contributed by atoms with Crippen molar-refractivity contribution in [2.45, 2.75) is 49.3 Å².